The summed E-state index contributed by atoms with van der Waals surface area (Å²) in [6.45, 7) is 7.18. The van der Waals surface area contributed by atoms with Crippen molar-refractivity contribution in [1.29, 1.82) is 0 Å². The number of piperazine rings is 1. The molecular weight excluding hydrogens is 326 g/mol. The van der Waals surface area contributed by atoms with E-state index in [-0.39, 0.29) is 5.91 Å². The first-order chi connectivity index (χ1) is 12.7. The van der Waals surface area contributed by atoms with Crippen LogP contribution in [0.5, 0.6) is 5.75 Å². The van der Waals surface area contributed by atoms with Crippen LogP contribution >= 0.6 is 0 Å². The maximum Gasteiger partial charge on any atom is 0.255 e. The zero-order valence-corrected chi connectivity index (χ0v) is 15.6. The van der Waals surface area contributed by atoms with Crippen LogP contribution in [0, 0.1) is 0 Å². The molecule has 0 atom stereocenters. The molecule has 5 nitrogen and oxygen atoms in total. The van der Waals surface area contributed by atoms with Gasteiger partial charge in [0.2, 0.25) is 0 Å². The van der Waals surface area contributed by atoms with E-state index in [1.165, 1.54) is 5.69 Å². The van der Waals surface area contributed by atoms with E-state index in [0.717, 1.165) is 44.0 Å². The Hall–Kier alpha value is -2.53. The number of amides is 1. The van der Waals surface area contributed by atoms with E-state index in [9.17, 15) is 4.79 Å². The molecule has 0 radical (unpaired) electrons. The van der Waals surface area contributed by atoms with Crippen LogP contribution in [0.1, 0.15) is 23.7 Å². The molecular formula is C21H28N3O2+. The zero-order chi connectivity index (χ0) is 18.4. The van der Waals surface area contributed by atoms with Gasteiger partial charge in [0.1, 0.15) is 5.75 Å². The highest BCUT2D eigenvalue weighted by Crippen LogP contribution is 2.19. The van der Waals surface area contributed by atoms with Crippen molar-refractivity contribution < 1.29 is 14.4 Å². The number of likely N-dealkylation sites (N-methyl/N-ethyl adjacent to an activating group) is 1. The second-order valence-electron chi connectivity index (χ2n) is 6.82. The van der Waals surface area contributed by atoms with E-state index >= 15 is 0 Å². The van der Waals surface area contributed by atoms with Crippen LogP contribution in [0.4, 0.5) is 11.4 Å². The summed E-state index contributed by atoms with van der Waals surface area (Å²) >= 11 is 0. The number of benzene rings is 2. The van der Waals surface area contributed by atoms with Gasteiger partial charge in [0, 0.05) is 16.9 Å². The molecule has 5 heteroatoms. The van der Waals surface area contributed by atoms with Crippen molar-refractivity contribution in [3.05, 3.63) is 54.1 Å². The number of carbonyl (C=O) groups excluding carboxylic acids is 1. The summed E-state index contributed by atoms with van der Waals surface area (Å²) in [5, 5.41) is 2.96. The van der Waals surface area contributed by atoms with Gasteiger partial charge in [-0.05, 0) is 48.9 Å². The summed E-state index contributed by atoms with van der Waals surface area (Å²) < 4.78 is 5.60. The SMILES string of the molecule is CCCOc1cccc(C(=O)Nc2ccc(N3CC[NH+](C)CC3)cc2)c1. The van der Waals surface area contributed by atoms with Gasteiger partial charge in [0.15, 0.2) is 0 Å². The first kappa shape index (κ1) is 18.3. The molecule has 0 saturated carbocycles. The minimum atomic E-state index is -0.122. The number of ether oxygens (including phenoxy) is 1. The fourth-order valence-corrected chi connectivity index (χ4v) is 3.05. The van der Waals surface area contributed by atoms with Crippen LogP contribution < -0.4 is 19.9 Å². The average Bonchev–Trinajstić information content (AvgIpc) is 2.68. The lowest BCUT2D eigenvalue weighted by Crippen LogP contribution is -3.12. The van der Waals surface area contributed by atoms with Crippen molar-refractivity contribution in [1.82, 2.24) is 0 Å². The van der Waals surface area contributed by atoms with Crippen molar-refractivity contribution in [2.75, 3.05) is 50.1 Å². The third-order valence-electron chi connectivity index (χ3n) is 4.68. The number of nitrogens with zero attached hydrogens (tertiary/aromatic N) is 1. The Morgan fingerprint density at radius 2 is 1.88 bits per heavy atom. The van der Waals surface area contributed by atoms with Gasteiger partial charge in [-0.3, -0.25) is 4.79 Å². The fourth-order valence-electron chi connectivity index (χ4n) is 3.05. The number of hydrogen-bond acceptors (Lipinski definition) is 3. The Morgan fingerprint density at radius 1 is 1.15 bits per heavy atom. The molecule has 138 valence electrons. The topological polar surface area (TPSA) is 46.0 Å². The molecule has 2 aromatic carbocycles. The Kier molecular flexibility index (Phi) is 6.12. The molecule has 1 fully saturated rings. The molecule has 0 spiro atoms. The average molecular weight is 354 g/mol. The van der Waals surface area contributed by atoms with Crippen molar-refractivity contribution in [2.24, 2.45) is 0 Å². The first-order valence-electron chi connectivity index (χ1n) is 9.36. The molecule has 26 heavy (non-hydrogen) atoms. The van der Waals surface area contributed by atoms with Gasteiger partial charge < -0.3 is 19.9 Å². The Balaban J connectivity index is 1.61. The third kappa shape index (κ3) is 4.76. The number of carbonyl (C=O) groups is 1. The normalized spacial score (nSPS) is 14.9. The van der Waals surface area contributed by atoms with E-state index in [4.69, 9.17) is 4.74 Å². The van der Waals surface area contributed by atoms with E-state index < -0.39 is 0 Å². The van der Waals surface area contributed by atoms with Gasteiger partial charge in [0.05, 0.1) is 39.8 Å². The van der Waals surface area contributed by atoms with Gasteiger partial charge in [-0.2, -0.15) is 0 Å². The van der Waals surface area contributed by atoms with E-state index in [2.05, 4.69) is 36.3 Å². The predicted molar refractivity (Wildman–Crippen MR) is 105 cm³/mol. The first-order valence-corrected chi connectivity index (χ1v) is 9.36. The molecule has 1 aliphatic rings. The quantitative estimate of drug-likeness (QED) is 0.835. The summed E-state index contributed by atoms with van der Waals surface area (Å²) in [5.41, 5.74) is 2.62. The van der Waals surface area contributed by atoms with Crippen molar-refractivity contribution >= 4 is 17.3 Å². The molecule has 2 N–H and O–H groups in total. The summed E-state index contributed by atoms with van der Waals surface area (Å²) in [7, 11) is 2.23. The minimum Gasteiger partial charge on any atom is -0.494 e. The molecule has 0 aromatic heterocycles. The van der Waals surface area contributed by atoms with Gasteiger partial charge in [0.25, 0.3) is 5.91 Å². The summed E-state index contributed by atoms with van der Waals surface area (Å²) in [6.07, 6.45) is 0.942. The molecule has 2 aromatic rings. The van der Waals surface area contributed by atoms with Crippen LogP contribution in [-0.4, -0.2) is 45.7 Å². The van der Waals surface area contributed by atoms with Crippen LogP contribution in [-0.2, 0) is 0 Å². The largest absolute Gasteiger partial charge is 0.494 e. The second-order valence-corrected chi connectivity index (χ2v) is 6.82. The number of quaternary nitrogens is 1. The lowest BCUT2D eigenvalue weighted by molar-refractivity contribution is -0.880. The standard InChI is InChI=1S/C21H27N3O2/c1-3-15-26-20-6-4-5-17(16-20)21(25)22-18-7-9-19(10-8-18)24-13-11-23(2)12-14-24/h4-10,16H,3,11-15H2,1-2H3,(H,22,25)/p+1. The molecule has 3 rings (SSSR count). The number of hydrogen-bond donors (Lipinski definition) is 2. The maximum atomic E-state index is 12.5. The number of anilines is 2. The van der Waals surface area contributed by atoms with Crippen LogP contribution in [0.15, 0.2) is 48.5 Å². The molecule has 1 heterocycles. The van der Waals surface area contributed by atoms with Crippen molar-refractivity contribution in [2.45, 2.75) is 13.3 Å². The Bertz CT molecular complexity index is 722. The lowest BCUT2D eigenvalue weighted by atomic mass is 10.2. The molecule has 1 saturated heterocycles. The minimum absolute atomic E-state index is 0.122. The third-order valence-corrected chi connectivity index (χ3v) is 4.68. The van der Waals surface area contributed by atoms with Crippen LogP contribution in [0.3, 0.4) is 0 Å². The summed E-state index contributed by atoms with van der Waals surface area (Å²) in [6, 6.07) is 15.4. The fraction of sp³-hybridized carbons (Fsp3) is 0.381. The van der Waals surface area contributed by atoms with Crippen molar-refractivity contribution in [3.63, 3.8) is 0 Å². The highest BCUT2D eigenvalue weighted by Gasteiger charge is 2.16. The van der Waals surface area contributed by atoms with Gasteiger partial charge in [-0.25, -0.2) is 0 Å². The lowest BCUT2D eigenvalue weighted by Gasteiger charge is -2.31. The predicted octanol–water partition coefficient (Wildman–Crippen LogP) is 2.06. The van der Waals surface area contributed by atoms with Crippen molar-refractivity contribution in [3.8, 4) is 5.75 Å². The van der Waals surface area contributed by atoms with E-state index in [1.807, 2.05) is 24.3 Å². The highest BCUT2D eigenvalue weighted by molar-refractivity contribution is 6.04. The van der Waals surface area contributed by atoms with Gasteiger partial charge in [-0.1, -0.05) is 13.0 Å². The van der Waals surface area contributed by atoms with E-state index in [1.54, 1.807) is 17.0 Å². The number of nitrogens with one attached hydrogen (secondary N) is 2. The highest BCUT2D eigenvalue weighted by atomic mass is 16.5. The van der Waals surface area contributed by atoms with Gasteiger partial charge >= 0.3 is 0 Å². The molecule has 0 aliphatic carbocycles. The Morgan fingerprint density at radius 3 is 2.58 bits per heavy atom. The van der Waals surface area contributed by atoms with Crippen LogP contribution in [0.2, 0.25) is 0 Å². The molecule has 0 bridgehead atoms. The summed E-state index contributed by atoms with van der Waals surface area (Å²) in [5.74, 6) is 0.606. The maximum absolute atomic E-state index is 12.5. The molecule has 1 aliphatic heterocycles. The van der Waals surface area contributed by atoms with Crippen LogP contribution in [0.25, 0.3) is 0 Å². The molecule has 1 amide bonds. The Labute approximate surface area is 155 Å². The monoisotopic (exact) mass is 354 g/mol. The zero-order valence-electron chi connectivity index (χ0n) is 15.6. The molecule has 0 unspecified atom stereocenters. The second kappa shape index (κ2) is 8.72. The van der Waals surface area contributed by atoms with Gasteiger partial charge in [-0.15, -0.1) is 0 Å². The number of rotatable bonds is 6. The summed E-state index contributed by atoms with van der Waals surface area (Å²) in [4.78, 5) is 16.5. The smallest absolute Gasteiger partial charge is 0.255 e. The van der Waals surface area contributed by atoms with E-state index in [0.29, 0.717) is 12.2 Å².